The van der Waals surface area contributed by atoms with E-state index in [4.69, 9.17) is 4.42 Å². The van der Waals surface area contributed by atoms with Gasteiger partial charge in [-0.2, -0.15) is 0 Å². The molecule has 0 aliphatic carbocycles. The van der Waals surface area contributed by atoms with E-state index in [1.54, 1.807) is 23.9 Å². The van der Waals surface area contributed by atoms with Crippen molar-refractivity contribution in [1.29, 1.82) is 0 Å². The molecule has 3 heterocycles. The van der Waals surface area contributed by atoms with E-state index in [1.165, 1.54) is 21.3 Å². The highest BCUT2D eigenvalue weighted by Gasteiger charge is 2.15. The Morgan fingerprint density at radius 1 is 1.30 bits per heavy atom. The van der Waals surface area contributed by atoms with Crippen molar-refractivity contribution in [2.75, 3.05) is 6.54 Å². The van der Waals surface area contributed by atoms with Crippen LogP contribution < -0.4 is 5.32 Å². The number of carbonyl (C=O) groups excluding carboxylic acids is 1. The molecule has 0 spiro atoms. The van der Waals surface area contributed by atoms with E-state index in [0.29, 0.717) is 11.4 Å². The average molecular weight is 347 g/mol. The Morgan fingerprint density at radius 3 is 3.00 bits per heavy atom. The number of aryl methyl sites for hydroxylation is 1. The standard InChI is InChI=1S/C16H17N3O2S2/c1-2-3-13-15(23-19-18-13)16(20)17-8-6-12-4-5-14(22-12)11-7-9-21-10-11/h4-5,7,9-10H,2-3,6,8H2,1H3,(H,17,20). The molecule has 3 aromatic rings. The number of nitrogens with one attached hydrogen (secondary N) is 1. The quantitative estimate of drug-likeness (QED) is 0.706. The van der Waals surface area contributed by atoms with E-state index < -0.39 is 0 Å². The van der Waals surface area contributed by atoms with Crippen molar-refractivity contribution < 1.29 is 9.21 Å². The Morgan fingerprint density at radius 2 is 2.22 bits per heavy atom. The highest BCUT2D eigenvalue weighted by atomic mass is 32.1. The number of amides is 1. The van der Waals surface area contributed by atoms with Gasteiger partial charge in [0.25, 0.3) is 5.91 Å². The molecule has 1 N–H and O–H groups in total. The van der Waals surface area contributed by atoms with Gasteiger partial charge in [0.1, 0.15) is 4.88 Å². The van der Waals surface area contributed by atoms with Crippen LogP contribution in [0.25, 0.3) is 10.4 Å². The van der Waals surface area contributed by atoms with Crippen LogP contribution in [0, 0.1) is 0 Å². The van der Waals surface area contributed by atoms with Crippen molar-refractivity contribution in [3.05, 3.63) is 46.2 Å². The fourth-order valence-corrected chi connectivity index (χ4v) is 3.85. The number of hydrogen-bond donors (Lipinski definition) is 1. The maximum absolute atomic E-state index is 12.2. The molecule has 120 valence electrons. The Hall–Kier alpha value is -1.99. The zero-order valence-electron chi connectivity index (χ0n) is 12.7. The van der Waals surface area contributed by atoms with Gasteiger partial charge in [-0.15, -0.1) is 16.4 Å². The molecule has 1 amide bonds. The van der Waals surface area contributed by atoms with Crippen LogP contribution in [0.3, 0.4) is 0 Å². The maximum Gasteiger partial charge on any atom is 0.264 e. The highest BCUT2D eigenvalue weighted by Crippen LogP contribution is 2.28. The topological polar surface area (TPSA) is 68.0 Å². The SMILES string of the molecule is CCCc1nnsc1C(=O)NCCc1ccc(-c2ccoc2)s1. The summed E-state index contributed by atoms with van der Waals surface area (Å²) >= 11 is 2.88. The number of furan rings is 1. The van der Waals surface area contributed by atoms with E-state index in [9.17, 15) is 4.79 Å². The predicted octanol–water partition coefficient (Wildman–Crippen LogP) is 3.78. The van der Waals surface area contributed by atoms with E-state index in [2.05, 4.69) is 34.0 Å². The normalized spacial score (nSPS) is 10.8. The van der Waals surface area contributed by atoms with Crippen molar-refractivity contribution >= 4 is 28.8 Å². The first-order valence-electron chi connectivity index (χ1n) is 7.48. The fraction of sp³-hybridized carbons (Fsp3) is 0.312. The molecule has 0 unspecified atom stereocenters. The van der Waals surface area contributed by atoms with Gasteiger partial charge in [-0.25, -0.2) is 0 Å². The van der Waals surface area contributed by atoms with Crippen LogP contribution in [0.1, 0.15) is 33.6 Å². The van der Waals surface area contributed by atoms with E-state index in [-0.39, 0.29) is 5.91 Å². The van der Waals surface area contributed by atoms with E-state index in [0.717, 1.165) is 30.5 Å². The third-order valence-electron chi connectivity index (χ3n) is 3.37. The number of aromatic nitrogens is 2. The van der Waals surface area contributed by atoms with Crippen LogP contribution >= 0.6 is 22.9 Å². The van der Waals surface area contributed by atoms with Crippen LogP contribution in [0.15, 0.2) is 35.1 Å². The average Bonchev–Trinajstić information content (AvgIpc) is 3.28. The number of carbonyl (C=O) groups is 1. The summed E-state index contributed by atoms with van der Waals surface area (Å²) < 4.78 is 8.99. The molecule has 0 radical (unpaired) electrons. The zero-order chi connectivity index (χ0) is 16.1. The summed E-state index contributed by atoms with van der Waals surface area (Å²) in [5, 5.41) is 6.98. The summed E-state index contributed by atoms with van der Waals surface area (Å²) in [5.74, 6) is -0.0740. The second-order valence-electron chi connectivity index (χ2n) is 5.08. The summed E-state index contributed by atoms with van der Waals surface area (Å²) in [6.45, 7) is 2.67. The molecule has 7 heteroatoms. The monoisotopic (exact) mass is 347 g/mol. The molecule has 0 saturated carbocycles. The molecule has 0 bridgehead atoms. The van der Waals surface area contributed by atoms with Gasteiger partial charge >= 0.3 is 0 Å². The van der Waals surface area contributed by atoms with Crippen LogP contribution in [0.5, 0.6) is 0 Å². The Balaban J connectivity index is 1.53. The zero-order valence-corrected chi connectivity index (χ0v) is 14.4. The van der Waals surface area contributed by atoms with Gasteiger partial charge in [-0.05, 0) is 42.6 Å². The van der Waals surface area contributed by atoms with Crippen LogP contribution in [-0.4, -0.2) is 22.0 Å². The van der Waals surface area contributed by atoms with Crippen molar-refractivity contribution in [1.82, 2.24) is 14.9 Å². The summed E-state index contributed by atoms with van der Waals surface area (Å²) in [4.78, 5) is 15.2. The molecule has 0 fully saturated rings. The number of hydrogen-bond acceptors (Lipinski definition) is 6. The third-order valence-corrected chi connectivity index (χ3v) is 5.33. The van der Waals surface area contributed by atoms with Crippen molar-refractivity contribution in [2.24, 2.45) is 0 Å². The lowest BCUT2D eigenvalue weighted by molar-refractivity contribution is 0.0957. The summed E-state index contributed by atoms with van der Waals surface area (Å²) in [7, 11) is 0. The second-order valence-corrected chi connectivity index (χ2v) is 7.01. The lowest BCUT2D eigenvalue weighted by atomic mass is 10.2. The smallest absolute Gasteiger partial charge is 0.264 e. The Kier molecular flexibility index (Phi) is 5.19. The van der Waals surface area contributed by atoms with E-state index >= 15 is 0 Å². The van der Waals surface area contributed by atoms with Gasteiger partial charge in [-0.1, -0.05) is 17.8 Å². The molecule has 0 aliphatic rings. The second kappa shape index (κ2) is 7.52. The minimum Gasteiger partial charge on any atom is -0.472 e. The largest absolute Gasteiger partial charge is 0.472 e. The molecule has 3 aromatic heterocycles. The van der Waals surface area contributed by atoms with Gasteiger partial charge in [-0.3, -0.25) is 4.79 Å². The number of thiophene rings is 1. The van der Waals surface area contributed by atoms with Gasteiger partial charge in [0.2, 0.25) is 0 Å². The first kappa shape index (κ1) is 15.9. The molecule has 5 nitrogen and oxygen atoms in total. The molecule has 0 saturated heterocycles. The van der Waals surface area contributed by atoms with Crippen LogP contribution in [-0.2, 0) is 12.8 Å². The van der Waals surface area contributed by atoms with Gasteiger partial charge < -0.3 is 9.73 Å². The number of rotatable bonds is 7. The highest BCUT2D eigenvalue weighted by molar-refractivity contribution is 7.15. The Bertz CT molecular complexity index is 762. The molecule has 3 rings (SSSR count). The van der Waals surface area contributed by atoms with E-state index in [1.807, 2.05) is 6.07 Å². The molecular weight excluding hydrogens is 330 g/mol. The van der Waals surface area contributed by atoms with Crippen molar-refractivity contribution in [3.8, 4) is 10.4 Å². The summed E-state index contributed by atoms with van der Waals surface area (Å²) in [6, 6.07) is 6.12. The first-order valence-corrected chi connectivity index (χ1v) is 9.07. The minimum atomic E-state index is -0.0740. The van der Waals surface area contributed by atoms with Gasteiger partial charge in [0, 0.05) is 21.9 Å². The molecule has 0 aliphatic heterocycles. The third kappa shape index (κ3) is 3.86. The van der Waals surface area contributed by atoms with Crippen LogP contribution in [0.4, 0.5) is 0 Å². The molecular formula is C16H17N3O2S2. The van der Waals surface area contributed by atoms with Gasteiger partial charge in [0.05, 0.1) is 18.2 Å². The summed E-state index contributed by atoms with van der Waals surface area (Å²) in [5.41, 5.74) is 1.89. The Labute approximate surface area is 142 Å². The molecule has 0 atom stereocenters. The lowest BCUT2D eigenvalue weighted by Gasteiger charge is -2.03. The molecule has 23 heavy (non-hydrogen) atoms. The fourth-order valence-electron chi connectivity index (χ4n) is 2.23. The van der Waals surface area contributed by atoms with Crippen molar-refractivity contribution in [3.63, 3.8) is 0 Å². The maximum atomic E-state index is 12.2. The molecule has 0 aromatic carbocycles. The number of nitrogens with zero attached hydrogens (tertiary/aromatic N) is 2. The van der Waals surface area contributed by atoms with Gasteiger partial charge in [0.15, 0.2) is 0 Å². The lowest BCUT2D eigenvalue weighted by Crippen LogP contribution is -2.25. The predicted molar refractivity (Wildman–Crippen MR) is 92.0 cm³/mol. The summed E-state index contributed by atoms with van der Waals surface area (Å²) in [6.07, 6.45) is 5.97. The first-order chi connectivity index (χ1) is 11.3. The van der Waals surface area contributed by atoms with Crippen LogP contribution in [0.2, 0.25) is 0 Å². The minimum absolute atomic E-state index is 0.0740. The van der Waals surface area contributed by atoms with Crippen molar-refractivity contribution in [2.45, 2.75) is 26.2 Å².